The van der Waals surface area contributed by atoms with Gasteiger partial charge in [0, 0.05) is 18.3 Å². The van der Waals surface area contributed by atoms with Gasteiger partial charge < -0.3 is 4.74 Å². The molecule has 0 atom stereocenters. The first kappa shape index (κ1) is 11.6. The summed E-state index contributed by atoms with van der Waals surface area (Å²) >= 11 is 0. The number of hydrogen-bond donors (Lipinski definition) is 0. The van der Waals surface area contributed by atoms with Crippen molar-refractivity contribution in [1.29, 1.82) is 0 Å². The lowest BCUT2D eigenvalue weighted by Crippen LogP contribution is -2.03. The maximum absolute atomic E-state index is 11.7. The van der Waals surface area contributed by atoms with E-state index >= 15 is 0 Å². The predicted octanol–water partition coefficient (Wildman–Crippen LogP) is 2.89. The van der Waals surface area contributed by atoms with Gasteiger partial charge in [-0.25, -0.2) is 4.98 Å². The summed E-state index contributed by atoms with van der Waals surface area (Å²) in [5, 5.41) is 0. The van der Waals surface area contributed by atoms with E-state index in [0.717, 1.165) is 11.6 Å². The number of aromatic nitrogens is 1. The highest BCUT2D eigenvalue weighted by molar-refractivity contribution is 5.18. The van der Waals surface area contributed by atoms with E-state index in [9.17, 15) is 13.2 Å². The van der Waals surface area contributed by atoms with E-state index in [1.54, 1.807) is 12.1 Å². The molecule has 15 heavy (non-hydrogen) atoms. The molecule has 0 radical (unpaired) electrons. The van der Waals surface area contributed by atoms with E-state index in [1.807, 2.05) is 6.92 Å². The Kier molecular flexibility index (Phi) is 3.71. The van der Waals surface area contributed by atoms with Crippen molar-refractivity contribution in [3.05, 3.63) is 36.0 Å². The van der Waals surface area contributed by atoms with E-state index in [0.29, 0.717) is 5.88 Å². The first-order valence-corrected chi connectivity index (χ1v) is 4.27. The number of aryl methyl sites for hydroxylation is 1. The Hall–Kier alpha value is -1.52. The van der Waals surface area contributed by atoms with E-state index < -0.39 is 6.18 Å². The lowest BCUT2D eigenvalue weighted by atomic mass is 10.3. The Morgan fingerprint density at radius 2 is 2.20 bits per heavy atom. The van der Waals surface area contributed by atoms with Crippen LogP contribution >= 0.6 is 0 Å². The second-order valence-corrected chi connectivity index (χ2v) is 2.93. The third-order valence-electron chi connectivity index (χ3n) is 1.52. The third kappa shape index (κ3) is 5.05. The van der Waals surface area contributed by atoms with Gasteiger partial charge in [0.2, 0.25) is 5.88 Å². The maximum Gasteiger partial charge on any atom is 0.409 e. The van der Waals surface area contributed by atoms with Gasteiger partial charge >= 0.3 is 6.18 Å². The molecule has 0 bridgehead atoms. The lowest BCUT2D eigenvalue weighted by Gasteiger charge is -2.02. The largest absolute Gasteiger partial charge is 0.473 e. The monoisotopic (exact) mass is 217 g/mol. The standard InChI is InChI=1S/C10H10F3NO/c1-8-3-5-14-9(7-8)15-6-2-4-10(11,12)13/h2-5,7H,6H2,1H3. The average Bonchev–Trinajstić information content (AvgIpc) is 2.11. The Morgan fingerprint density at radius 3 is 2.80 bits per heavy atom. The fraction of sp³-hybridized carbons (Fsp3) is 0.300. The highest BCUT2D eigenvalue weighted by Crippen LogP contribution is 2.15. The first-order chi connectivity index (χ1) is 6.97. The molecule has 1 aromatic rings. The van der Waals surface area contributed by atoms with E-state index in [-0.39, 0.29) is 12.7 Å². The van der Waals surface area contributed by atoms with Crippen LogP contribution in [0.5, 0.6) is 5.88 Å². The van der Waals surface area contributed by atoms with Gasteiger partial charge in [-0.1, -0.05) is 0 Å². The van der Waals surface area contributed by atoms with Gasteiger partial charge in [0.15, 0.2) is 0 Å². The molecule has 0 aromatic carbocycles. The number of halogens is 3. The van der Waals surface area contributed by atoms with Crippen molar-refractivity contribution in [2.45, 2.75) is 13.1 Å². The van der Waals surface area contributed by atoms with Crippen molar-refractivity contribution in [1.82, 2.24) is 4.98 Å². The molecule has 0 spiro atoms. The zero-order chi connectivity index (χ0) is 11.3. The minimum atomic E-state index is -4.29. The molecule has 1 heterocycles. The van der Waals surface area contributed by atoms with Gasteiger partial charge in [0.25, 0.3) is 0 Å². The molecule has 5 heteroatoms. The summed E-state index contributed by atoms with van der Waals surface area (Å²) < 4.78 is 40.0. The number of rotatable bonds is 3. The van der Waals surface area contributed by atoms with Gasteiger partial charge in [-0.2, -0.15) is 13.2 Å². The molecule has 0 N–H and O–H groups in total. The number of ether oxygens (including phenoxy) is 1. The molecule has 0 unspecified atom stereocenters. The van der Waals surface area contributed by atoms with Crippen molar-refractivity contribution < 1.29 is 17.9 Å². The molecular weight excluding hydrogens is 207 g/mol. The smallest absolute Gasteiger partial charge is 0.409 e. The minimum absolute atomic E-state index is 0.142. The van der Waals surface area contributed by atoms with Gasteiger partial charge in [-0.15, -0.1) is 0 Å². The Morgan fingerprint density at radius 1 is 1.47 bits per heavy atom. The summed E-state index contributed by atoms with van der Waals surface area (Å²) in [6, 6.07) is 3.43. The van der Waals surface area contributed by atoms with Crippen LogP contribution in [0.3, 0.4) is 0 Å². The first-order valence-electron chi connectivity index (χ1n) is 4.27. The lowest BCUT2D eigenvalue weighted by molar-refractivity contribution is -0.0801. The summed E-state index contributed by atoms with van der Waals surface area (Å²) in [5.74, 6) is 0.321. The van der Waals surface area contributed by atoms with Crippen molar-refractivity contribution >= 4 is 0 Å². The van der Waals surface area contributed by atoms with Crippen molar-refractivity contribution in [2.75, 3.05) is 6.61 Å². The van der Waals surface area contributed by atoms with Gasteiger partial charge in [0.1, 0.15) is 6.61 Å². The fourth-order valence-electron chi connectivity index (χ4n) is 0.903. The second kappa shape index (κ2) is 4.82. The van der Waals surface area contributed by atoms with E-state index in [4.69, 9.17) is 4.74 Å². The number of hydrogen-bond acceptors (Lipinski definition) is 2. The van der Waals surface area contributed by atoms with Crippen LogP contribution in [0.25, 0.3) is 0 Å². The zero-order valence-electron chi connectivity index (χ0n) is 8.08. The Balaban J connectivity index is 2.42. The average molecular weight is 217 g/mol. The molecule has 0 amide bonds. The van der Waals surface area contributed by atoms with Crippen LogP contribution in [-0.4, -0.2) is 17.8 Å². The summed E-state index contributed by atoms with van der Waals surface area (Å²) in [7, 11) is 0. The van der Waals surface area contributed by atoms with Gasteiger partial charge in [-0.3, -0.25) is 0 Å². The molecule has 82 valence electrons. The molecule has 0 saturated heterocycles. The highest BCUT2D eigenvalue weighted by Gasteiger charge is 2.21. The van der Waals surface area contributed by atoms with E-state index in [1.165, 1.54) is 6.20 Å². The molecule has 0 aliphatic heterocycles. The van der Waals surface area contributed by atoms with Crippen LogP contribution in [0.1, 0.15) is 5.56 Å². The zero-order valence-corrected chi connectivity index (χ0v) is 8.08. The highest BCUT2D eigenvalue weighted by atomic mass is 19.4. The summed E-state index contributed by atoms with van der Waals surface area (Å²) in [5.41, 5.74) is 0.944. The second-order valence-electron chi connectivity index (χ2n) is 2.93. The maximum atomic E-state index is 11.7. The van der Waals surface area contributed by atoms with Crippen LogP contribution in [0.15, 0.2) is 30.5 Å². The van der Waals surface area contributed by atoms with Crippen molar-refractivity contribution in [2.24, 2.45) is 0 Å². The molecule has 0 aliphatic carbocycles. The van der Waals surface area contributed by atoms with Crippen molar-refractivity contribution in [3.8, 4) is 5.88 Å². The minimum Gasteiger partial charge on any atom is -0.473 e. The SMILES string of the molecule is Cc1ccnc(OCC=CC(F)(F)F)c1. The molecule has 0 fully saturated rings. The molecular formula is C10H10F3NO. The number of nitrogens with zero attached hydrogens (tertiary/aromatic N) is 1. The Labute approximate surface area is 85.4 Å². The molecule has 2 nitrogen and oxygen atoms in total. The Bertz CT molecular complexity index is 347. The molecule has 1 rings (SSSR count). The number of pyridine rings is 1. The van der Waals surface area contributed by atoms with E-state index in [2.05, 4.69) is 4.98 Å². The van der Waals surface area contributed by atoms with Gasteiger partial charge in [0.05, 0.1) is 0 Å². The quantitative estimate of drug-likeness (QED) is 0.726. The normalized spacial score (nSPS) is 12.0. The van der Waals surface area contributed by atoms with Crippen LogP contribution in [0.4, 0.5) is 13.2 Å². The summed E-state index contributed by atoms with van der Waals surface area (Å²) in [6.07, 6.45) is -1.70. The van der Waals surface area contributed by atoms with Crippen molar-refractivity contribution in [3.63, 3.8) is 0 Å². The predicted molar refractivity (Wildman–Crippen MR) is 49.7 cm³/mol. The molecule has 0 aliphatic rings. The van der Waals surface area contributed by atoms with Gasteiger partial charge in [-0.05, 0) is 24.6 Å². The summed E-state index contributed by atoms with van der Waals surface area (Å²) in [4.78, 5) is 3.84. The van der Waals surface area contributed by atoms with Crippen LogP contribution < -0.4 is 4.74 Å². The van der Waals surface area contributed by atoms with Crippen LogP contribution in [-0.2, 0) is 0 Å². The van der Waals surface area contributed by atoms with Crippen LogP contribution in [0, 0.1) is 6.92 Å². The third-order valence-corrected chi connectivity index (χ3v) is 1.52. The fourth-order valence-corrected chi connectivity index (χ4v) is 0.903. The van der Waals surface area contributed by atoms with Crippen LogP contribution in [0.2, 0.25) is 0 Å². The molecule has 0 saturated carbocycles. The molecule has 1 aromatic heterocycles. The number of alkyl halides is 3. The summed E-state index contributed by atoms with van der Waals surface area (Å²) in [6.45, 7) is 1.70. The topological polar surface area (TPSA) is 22.1 Å². The number of allylic oxidation sites excluding steroid dienone is 1.